The maximum Gasteiger partial charge on any atom is 0.241 e. The van der Waals surface area contributed by atoms with E-state index in [0.717, 1.165) is 35.2 Å². The Kier molecular flexibility index (Phi) is 6.19. The van der Waals surface area contributed by atoms with Gasteiger partial charge in [-0.2, -0.15) is 4.98 Å². The van der Waals surface area contributed by atoms with Crippen LogP contribution in [0.25, 0.3) is 11.4 Å². The van der Waals surface area contributed by atoms with E-state index < -0.39 is 0 Å². The Labute approximate surface area is 181 Å². The van der Waals surface area contributed by atoms with Crippen LogP contribution in [0, 0.1) is 15.3 Å². The molecule has 0 saturated carbocycles. The molecule has 150 valence electrons. The fourth-order valence-electron chi connectivity index (χ4n) is 3.36. The molecule has 29 heavy (non-hydrogen) atoms. The summed E-state index contributed by atoms with van der Waals surface area (Å²) in [5, 5.41) is 6.98. The topological polar surface area (TPSA) is 71.3 Å². The number of carbonyl (C=O) groups is 1. The normalized spacial score (nSPS) is 15.4. The maximum atomic E-state index is 13.0. The summed E-state index contributed by atoms with van der Waals surface area (Å²) in [6.45, 7) is 2.12. The van der Waals surface area contributed by atoms with Gasteiger partial charge in [0, 0.05) is 20.7 Å². The van der Waals surface area contributed by atoms with Crippen LogP contribution in [0.4, 0.5) is 10.1 Å². The van der Waals surface area contributed by atoms with Crippen LogP contribution < -0.4 is 5.32 Å². The average Bonchev–Trinajstić information content (AvgIpc) is 3.19. The zero-order valence-electron chi connectivity index (χ0n) is 15.6. The number of nitrogens with one attached hydrogen (secondary N) is 1. The molecule has 3 aromatic rings. The Hall–Kier alpha value is -2.33. The molecule has 6 nitrogen and oxygen atoms in total. The number of hydrogen-bond donors (Lipinski definition) is 1. The van der Waals surface area contributed by atoms with E-state index >= 15 is 0 Å². The van der Waals surface area contributed by atoms with E-state index in [1.54, 1.807) is 12.1 Å². The summed E-state index contributed by atoms with van der Waals surface area (Å²) < 4.78 is 19.5. The zero-order valence-corrected chi connectivity index (χ0v) is 17.8. The van der Waals surface area contributed by atoms with Crippen molar-refractivity contribution >= 4 is 34.2 Å². The van der Waals surface area contributed by atoms with Gasteiger partial charge in [-0.3, -0.25) is 9.69 Å². The van der Waals surface area contributed by atoms with E-state index in [9.17, 15) is 9.18 Å². The van der Waals surface area contributed by atoms with Crippen molar-refractivity contribution in [2.45, 2.75) is 19.4 Å². The lowest BCUT2D eigenvalue weighted by atomic mass is 9.96. The highest BCUT2D eigenvalue weighted by atomic mass is 127. The molecular formula is C21H20FIN4O2. The smallest absolute Gasteiger partial charge is 0.241 e. The molecule has 0 unspecified atom stereocenters. The highest BCUT2D eigenvalue weighted by Crippen LogP contribution is 2.22. The second-order valence-electron chi connectivity index (χ2n) is 7.07. The highest BCUT2D eigenvalue weighted by molar-refractivity contribution is 14.1. The molecule has 0 bridgehead atoms. The predicted molar refractivity (Wildman–Crippen MR) is 115 cm³/mol. The Morgan fingerprint density at radius 1 is 1.14 bits per heavy atom. The number of benzene rings is 2. The minimum Gasteiger partial charge on any atom is -0.338 e. The van der Waals surface area contributed by atoms with Gasteiger partial charge in [-0.15, -0.1) is 0 Å². The fourth-order valence-corrected chi connectivity index (χ4v) is 3.72. The zero-order chi connectivity index (χ0) is 20.2. The molecule has 2 aromatic carbocycles. The summed E-state index contributed by atoms with van der Waals surface area (Å²) in [7, 11) is 0. The summed E-state index contributed by atoms with van der Waals surface area (Å²) in [5.41, 5.74) is 1.55. The molecule has 1 aliphatic rings. The summed E-state index contributed by atoms with van der Waals surface area (Å²) in [6.07, 6.45) is 1.57. The van der Waals surface area contributed by atoms with Crippen molar-refractivity contribution in [1.82, 2.24) is 15.0 Å². The summed E-state index contributed by atoms with van der Waals surface area (Å²) in [6, 6.07) is 13.8. The van der Waals surface area contributed by atoms with Gasteiger partial charge >= 0.3 is 0 Å². The molecule has 1 aromatic heterocycles. The van der Waals surface area contributed by atoms with Crippen molar-refractivity contribution in [3.63, 3.8) is 0 Å². The molecule has 2 heterocycles. The molecule has 4 rings (SSSR count). The number of carbonyl (C=O) groups excluding carboxylic acids is 1. The van der Waals surface area contributed by atoms with Gasteiger partial charge in [0.05, 0.1) is 6.54 Å². The Balaban J connectivity index is 1.28. The number of anilines is 1. The molecule has 0 atom stereocenters. The molecule has 1 aliphatic heterocycles. The largest absolute Gasteiger partial charge is 0.338 e. The average molecular weight is 506 g/mol. The van der Waals surface area contributed by atoms with Gasteiger partial charge in [0.2, 0.25) is 17.6 Å². The molecule has 1 N–H and O–H groups in total. The van der Waals surface area contributed by atoms with Crippen LogP contribution in [0.15, 0.2) is 53.1 Å². The first-order valence-electron chi connectivity index (χ1n) is 9.44. The Bertz CT molecular complexity index is 967. The predicted octanol–water partition coefficient (Wildman–Crippen LogP) is 4.33. The summed E-state index contributed by atoms with van der Waals surface area (Å²) in [4.78, 5) is 19.1. The second kappa shape index (κ2) is 9.00. The van der Waals surface area contributed by atoms with Gasteiger partial charge in [0.25, 0.3) is 0 Å². The number of likely N-dealkylation sites (tertiary alicyclic amines) is 1. The SMILES string of the molecule is O=C(Nc1ccc(I)cc1)C1CCN(Cc2nc(-c3ccc(F)cc3)no2)CC1. The van der Waals surface area contributed by atoms with Crippen LogP contribution in [0.5, 0.6) is 0 Å². The van der Waals surface area contributed by atoms with Crippen molar-refractivity contribution in [3.8, 4) is 11.4 Å². The molecule has 1 saturated heterocycles. The van der Waals surface area contributed by atoms with Gasteiger partial charge in [0.1, 0.15) is 5.82 Å². The minimum absolute atomic E-state index is 0.00277. The van der Waals surface area contributed by atoms with Crippen LogP contribution in [0.3, 0.4) is 0 Å². The lowest BCUT2D eigenvalue weighted by molar-refractivity contribution is -0.121. The van der Waals surface area contributed by atoms with Gasteiger partial charge in [0.15, 0.2) is 0 Å². The molecule has 8 heteroatoms. The number of aromatic nitrogens is 2. The lowest BCUT2D eigenvalue weighted by Gasteiger charge is -2.30. The monoisotopic (exact) mass is 506 g/mol. The van der Waals surface area contributed by atoms with Crippen molar-refractivity contribution in [3.05, 3.63) is 63.8 Å². The van der Waals surface area contributed by atoms with E-state index in [2.05, 4.69) is 42.9 Å². The quantitative estimate of drug-likeness (QED) is 0.522. The number of amides is 1. The van der Waals surface area contributed by atoms with Gasteiger partial charge < -0.3 is 9.84 Å². The third kappa shape index (κ3) is 5.18. The Morgan fingerprint density at radius 3 is 2.52 bits per heavy atom. The van der Waals surface area contributed by atoms with Crippen LogP contribution in [-0.4, -0.2) is 34.0 Å². The van der Waals surface area contributed by atoms with E-state index in [-0.39, 0.29) is 17.6 Å². The molecule has 0 spiro atoms. The number of halogens is 2. The third-order valence-corrected chi connectivity index (χ3v) is 5.72. The van der Waals surface area contributed by atoms with E-state index in [4.69, 9.17) is 4.52 Å². The summed E-state index contributed by atoms with van der Waals surface area (Å²) in [5.74, 6) is 0.745. The Morgan fingerprint density at radius 2 is 1.83 bits per heavy atom. The molecule has 0 radical (unpaired) electrons. The van der Waals surface area contributed by atoms with Crippen LogP contribution in [-0.2, 0) is 11.3 Å². The third-order valence-electron chi connectivity index (χ3n) is 5.00. The van der Waals surface area contributed by atoms with Crippen molar-refractivity contribution < 1.29 is 13.7 Å². The van der Waals surface area contributed by atoms with E-state index in [0.29, 0.717) is 23.8 Å². The maximum absolute atomic E-state index is 13.0. The first-order chi connectivity index (χ1) is 14.1. The molecular weight excluding hydrogens is 486 g/mol. The number of piperidine rings is 1. The number of nitrogens with zero attached hydrogens (tertiary/aromatic N) is 3. The summed E-state index contributed by atoms with van der Waals surface area (Å²) >= 11 is 2.24. The minimum atomic E-state index is -0.300. The van der Waals surface area contributed by atoms with Crippen LogP contribution >= 0.6 is 22.6 Å². The van der Waals surface area contributed by atoms with Gasteiger partial charge in [-0.25, -0.2) is 4.39 Å². The van der Waals surface area contributed by atoms with Crippen molar-refractivity contribution in [2.24, 2.45) is 5.92 Å². The highest BCUT2D eigenvalue weighted by Gasteiger charge is 2.26. The number of rotatable bonds is 5. The number of hydrogen-bond acceptors (Lipinski definition) is 5. The second-order valence-corrected chi connectivity index (χ2v) is 8.31. The van der Waals surface area contributed by atoms with Gasteiger partial charge in [-0.05, 0) is 97.1 Å². The fraction of sp³-hybridized carbons (Fsp3) is 0.286. The van der Waals surface area contributed by atoms with E-state index in [1.807, 2.05) is 24.3 Å². The van der Waals surface area contributed by atoms with E-state index in [1.165, 1.54) is 12.1 Å². The van der Waals surface area contributed by atoms with Crippen molar-refractivity contribution in [1.29, 1.82) is 0 Å². The van der Waals surface area contributed by atoms with Crippen molar-refractivity contribution in [2.75, 3.05) is 18.4 Å². The van der Waals surface area contributed by atoms with Crippen LogP contribution in [0.2, 0.25) is 0 Å². The molecule has 1 amide bonds. The molecule has 1 fully saturated rings. The van der Waals surface area contributed by atoms with Gasteiger partial charge in [-0.1, -0.05) is 5.16 Å². The first-order valence-corrected chi connectivity index (χ1v) is 10.5. The lowest BCUT2D eigenvalue weighted by Crippen LogP contribution is -2.37. The van der Waals surface area contributed by atoms with Crippen LogP contribution in [0.1, 0.15) is 18.7 Å². The standard InChI is InChI=1S/C21H20FIN4O2/c22-16-3-1-14(2-4-16)20-25-19(29-26-20)13-27-11-9-15(10-12-27)21(28)24-18-7-5-17(23)6-8-18/h1-8,15H,9-13H2,(H,24,28). The first kappa shape index (κ1) is 20.0. The molecule has 0 aliphatic carbocycles.